The van der Waals surface area contributed by atoms with Crippen molar-refractivity contribution in [2.45, 2.75) is 5.41 Å². The third-order valence-electron chi connectivity index (χ3n) is 15.5. The fourth-order valence-electron chi connectivity index (χ4n) is 12.3. The van der Waals surface area contributed by atoms with Gasteiger partial charge in [0.15, 0.2) is 0 Å². The van der Waals surface area contributed by atoms with Crippen LogP contribution < -0.4 is 4.90 Å². The Balaban J connectivity index is 1.04. The molecule has 75 heavy (non-hydrogen) atoms. The summed E-state index contributed by atoms with van der Waals surface area (Å²) < 4.78 is 2.41. The van der Waals surface area contributed by atoms with Crippen molar-refractivity contribution in [2.24, 2.45) is 0 Å². The molecule has 0 saturated heterocycles. The summed E-state index contributed by atoms with van der Waals surface area (Å²) in [5.74, 6) is 0. The van der Waals surface area contributed by atoms with Gasteiger partial charge >= 0.3 is 0 Å². The standard InChI is InChI=1S/C73H50N2/c1-6-24-51(25-7-1)60-36-16-17-39-65(60)72-61(52-26-8-2-9-27-52)40-23-43-70(72)74(58-35-22-28-53(48-58)54-44-46-64-63-38-19-21-42-69(63)75(71(64)49-54)57-33-14-5-15-34-57)59-45-47-68-66(50-59)62-37-18-20-41-67(62)73(68,55-29-10-3-11-30-55)56-31-12-4-13-32-56/h1-50H. The first-order chi connectivity index (χ1) is 37.2. The Morgan fingerprint density at radius 3 is 1.51 bits per heavy atom. The SMILES string of the molecule is c1ccc(-c2ccccc2-c2c(-c3ccccc3)cccc2N(c2cccc(-c3ccc4c5ccccc5n(-c5ccccc5)c4c3)c2)c2ccc3c(c2)-c2ccccc2C3(c2ccccc2)c2ccccc2)cc1. The molecule has 1 aliphatic rings. The monoisotopic (exact) mass is 954 g/mol. The molecule has 12 aromatic carbocycles. The minimum Gasteiger partial charge on any atom is -0.310 e. The zero-order valence-electron chi connectivity index (χ0n) is 41.3. The predicted molar refractivity (Wildman–Crippen MR) is 315 cm³/mol. The number of benzene rings is 12. The van der Waals surface area contributed by atoms with Gasteiger partial charge in [0.25, 0.3) is 0 Å². The Hall–Kier alpha value is -9.76. The third kappa shape index (κ3) is 7.25. The highest BCUT2D eigenvalue weighted by molar-refractivity contribution is 6.10. The molecular weight excluding hydrogens is 905 g/mol. The normalized spacial score (nSPS) is 12.4. The van der Waals surface area contributed by atoms with Crippen LogP contribution in [0.3, 0.4) is 0 Å². The van der Waals surface area contributed by atoms with Crippen molar-refractivity contribution < 1.29 is 0 Å². The molecule has 1 heterocycles. The first kappa shape index (κ1) is 44.0. The van der Waals surface area contributed by atoms with Gasteiger partial charge in [0.2, 0.25) is 0 Å². The molecule has 0 spiro atoms. The van der Waals surface area contributed by atoms with Gasteiger partial charge < -0.3 is 9.47 Å². The summed E-state index contributed by atoms with van der Waals surface area (Å²) >= 11 is 0. The summed E-state index contributed by atoms with van der Waals surface area (Å²) in [7, 11) is 0. The van der Waals surface area contributed by atoms with Gasteiger partial charge in [-0.25, -0.2) is 0 Å². The highest BCUT2D eigenvalue weighted by Gasteiger charge is 2.46. The van der Waals surface area contributed by atoms with E-state index >= 15 is 0 Å². The molecule has 1 aromatic heterocycles. The molecule has 2 nitrogen and oxygen atoms in total. The molecule has 0 saturated carbocycles. The number of anilines is 3. The van der Waals surface area contributed by atoms with Gasteiger partial charge in [0.1, 0.15) is 0 Å². The number of aromatic nitrogens is 1. The van der Waals surface area contributed by atoms with Crippen molar-refractivity contribution in [3.05, 3.63) is 326 Å². The van der Waals surface area contributed by atoms with E-state index in [0.29, 0.717) is 0 Å². The van der Waals surface area contributed by atoms with Crippen molar-refractivity contribution in [1.29, 1.82) is 0 Å². The lowest BCUT2D eigenvalue weighted by molar-refractivity contribution is 0.768. The quantitative estimate of drug-likeness (QED) is 0.133. The topological polar surface area (TPSA) is 8.17 Å². The zero-order chi connectivity index (χ0) is 49.7. The summed E-state index contributed by atoms with van der Waals surface area (Å²) in [6, 6.07) is 112. The molecule has 1 aliphatic carbocycles. The van der Waals surface area contributed by atoms with E-state index in [1.807, 2.05) is 0 Å². The second-order valence-corrected chi connectivity index (χ2v) is 19.5. The van der Waals surface area contributed by atoms with Crippen LogP contribution in [0.4, 0.5) is 17.1 Å². The van der Waals surface area contributed by atoms with Gasteiger partial charge in [-0.05, 0) is 127 Å². The minimum atomic E-state index is -0.522. The molecule has 0 amide bonds. The van der Waals surface area contributed by atoms with Gasteiger partial charge in [0, 0.05) is 33.4 Å². The maximum atomic E-state index is 2.51. The molecule has 14 rings (SSSR count). The second kappa shape index (κ2) is 18.4. The van der Waals surface area contributed by atoms with Crippen LogP contribution in [0.2, 0.25) is 0 Å². The van der Waals surface area contributed by atoms with Crippen LogP contribution in [0.25, 0.3) is 83.1 Å². The molecule has 0 atom stereocenters. The van der Waals surface area contributed by atoms with E-state index in [1.165, 1.54) is 66.3 Å². The fourth-order valence-corrected chi connectivity index (χ4v) is 12.3. The van der Waals surface area contributed by atoms with E-state index < -0.39 is 5.41 Å². The summed E-state index contributed by atoms with van der Waals surface area (Å²) in [5.41, 5.74) is 23.0. The number of nitrogens with zero attached hydrogens (tertiary/aromatic N) is 2. The largest absolute Gasteiger partial charge is 0.310 e. The van der Waals surface area contributed by atoms with Crippen molar-refractivity contribution >= 4 is 38.9 Å². The molecule has 0 bridgehead atoms. The lowest BCUT2D eigenvalue weighted by atomic mass is 9.68. The third-order valence-corrected chi connectivity index (χ3v) is 15.5. The van der Waals surface area contributed by atoms with Gasteiger partial charge in [-0.1, -0.05) is 249 Å². The van der Waals surface area contributed by atoms with Crippen molar-refractivity contribution in [2.75, 3.05) is 4.90 Å². The molecular formula is C73H50N2. The zero-order valence-corrected chi connectivity index (χ0v) is 41.3. The average Bonchev–Trinajstić information content (AvgIpc) is 4.00. The lowest BCUT2D eigenvalue weighted by Crippen LogP contribution is -2.28. The van der Waals surface area contributed by atoms with Gasteiger partial charge in [-0.15, -0.1) is 0 Å². The summed E-state index contributed by atoms with van der Waals surface area (Å²) in [6.45, 7) is 0. The molecule has 0 aliphatic heterocycles. The van der Waals surface area contributed by atoms with Crippen LogP contribution in [0, 0.1) is 0 Å². The van der Waals surface area contributed by atoms with E-state index in [9.17, 15) is 0 Å². The van der Waals surface area contributed by atoms with Crippen LogP contribution in [0.5, 0.6) is 0 Å². The van der Waals surface area contributed by atoms with Crippen LogP contribution in [-0.4, -0.2) is 4.57 Å². The molecule has 0 unspecified atom stereocenters. The number of hydrogen-bond acceptors (Lipinski definition) is 1. The fraction of sp³-hybridized carbons (Fsp3) is 0.0137. The Morgan fingerprint density at radius 1 is 0.280 bits per heavy atom. The van der Waals surface area contributed by atoms with Crippen LogP contribution in [0.15, 0.2) is 303 Å². The van der Waals surface area contributed by atoms with E-state index in [4.69, 9.17) is 0 Å². The van der Waals surface area contributed by atoms with Gasteiger partial charge in [-0.2, -0.15) is 0 Å². The summed E-state index contributed by atoms with van der Waals surface area (Å²) in [4.78, 5) is 2.51. The Kier molecular flexibility index (Phi) is 10.8. The number of rotatable bonds is 10. The minimum absolute atomic E-state index is 0.522. The molecule has 0 N–H and O–H groups in total. The van der Waals surface area contributed by atoms with Crippen LogP contribution >= 0.6 is 0 Å². The highest BCUT2D eigenvalue weighted by atomic mass is 15.1. The Labute approximate surface area is 438 Å². The number of hydrogen-bond donors (Lipinski definition) is 0. The van der Waals surface area contributed by atoms with Gasteiger partial charge in [-0.3, -0.25) is 0 Å². The smallest absolute Gasteiger partial charge is 0.0713 e. The predicted octanol–water partition coefficient (Wildman–Crippen LogP) is 19.3. The summed E-state index contributed by atoms with van der Waals surface area (Å²) in [5, 5.41) is 2.47. The Bertz CT molecular complexity index is 4180. The first-order valence-corrected chi connectivity index (χ1v) is 25.9. The summed E-state index contributed by atoms with van der Waals surface area (Å²) in [6.07, 6.45) is 0. The van der Waals surface area contributed by atoms with E-state index in [-0.39, 0.29) is 0 Å². The molecule has 352 valence electrons. The first-order valence-electron chi connectivity index (χ1n) is 25.9. The molecule has 0 radical (unpaired) electrons. The molecule has 0 fully saturated rings. The van der Waals surface area contributed by atoms with Crippen LogP contribution in [-0.2, 0) is 5.41 Å². The van der Waals surface area contributed by atoms with Crippen molar-refractivity contribution in [3.8, 4) is 61.3 Å². The van der Waals surface area contributed by atoms with Crippen LogP contribution in [0.1, 0.15) is 22.3 Å². The molecule has 2 heteroatoms. The Morgan fingerprint density at radius 2 is 0.787 bits per heavy atom. The number of fused-ring (bicyclic) bond motifs is 6. The molecule has 13 aromatic rings. The van der Waals surface area contributed by atoms with Gasteiger partial charge in [0.05, 0.1) is 22.1 Å². The van der Waals surface area contributed by atoms with Crippen molar-refractivity contribution in [1.82, 2.24) is 4.57 Å². The van der Waals surface area contributed by atoms with E-state index in [0.717, 1.165) is 56.1 Å². The van der Waals surface area contributed by atoms with E-state index in [2.05, 4.69) is 313 Å². The maximum Gasteiger partial charge on any atom is 0.0713 e. The van der Waals surface area contributed by atoms with Crippen molar-refractivity contribution in [3.63, 3.8) is 0 Å². The average molecular weight is 955 g/mol. The maximum absolute atomic E-state index is 2.51. The van der Waals surface area contributed by atoms with E-state index in [1.54, 1.807) is 0 Å². The second-order valence-electron chi connectivity index (χ2n) is 19.5. The lowest BCUT2D eigenvalue weighted by Gasteiger charge is -2.34. The highest BCUT2D eigenvalue weighted by Crippen LogP contribution is 2.58. The number of para-hydroxylation sites is 2.